The van der Waals surface area contributed by atoms with Crippen LogP contribution in [0.2, 0.25) is 0 Å². The normalized spacial score (nSPS) is 23.3. The average molecular weight is 378 g/mol. The SMILES string of the molecule is OC1CC(c2cc(N3CCN(c4cccc(C(F)(F)F)c4)CC3)ncn2)C1. The molecule has 1 aromatic heterocycles. The fraction of sp³-hybridized carbons (Fsp3) is 0.474. The Morgan fingerprint density at radius 2 is 1.67 bits per heavy atom. The third-order valence-corrected chi connectivity index (χ3v) is 5.35. The minimum Gasteiger partial charge on any atom is -0.393 e. The van der Waals surface area contributed by atoms with Crippen molar-refractivity contribution in [3.63, 3.8) is 0 Å². The summed E-state index contributed by atoms with van der Waals surface area (Å²) in [6, 6.07) is 7.44. The molecule has 1 aliphatic heterocycles. The Morgan fingerprint density at radius 3 is 2.33 bits per heavy atom. The third kappa shape index (κ3) is 3.85. The van der Waals surface area contributed by atoms with Crippen molar-refractivity contribution in [3.8, 4) is 0 Å². The molecule has 0 bridgehead atoms. The van der Waals surface area contributed by atoms with Crippen LogP contribution in [-0.2, 0) is 6.18 Å². The Labute approximate surface area is 155 Å². The molecule has 8 heteroatoms. The van der Waals surface area contributed by atoms with Crippen molar-refractivity contribution in [2.24, 2.45) is 0 Å². The molecule has 2 aromatic rings. The van der Waals surface area contributed by atoms with Crippen LogP contribution in [0, 0.1) is 0 Å². The number of anilines is 2. The minimum atomic E-state index is -4.33. The van der Waals surface area contributed by atoms with Gasteiger partial charge in [-0.05, 0) is 31.0 Å². The van der Waals surface area contributed by atoms with Gasteiger partial charge in [-0.1, -0.05) is 6.07 Å². The number of aliphatic hydroxyl groups excluding tert-OH is 1. The molecule has 1 saturated carbocycles. The summed E-state index contributed by atoms with van der Waals surface area (Å²) in [5.41, 5.74) is 0.924. The highest BCUT2D eigenvalue weighted by atomic mass is 19.4. The fourth-order valence-electron chi connectivity index (χ4n) is 3.66. The zero-order chi connectivity index (χ0) is 19.0. The standard InChI is InChI=1S/C19H21F3N4O/c20-19(21,22)14-2-1-3-15(10-14)25-4-6-26(7-5-25)18-11-17(23-12-24-18)13-8-16(27)9-13/h1-3,10-13,16,27H,4-9H2. The van der Waals surface area contributed by atoms with Crippen molar-refractivity contribution in [2.75, 3.05) is 36.0 Å². The van der Waals surface area contributed by atoms with Gasteiger partial charge in [-0.25, -0.2) is 9.97 Å². The molecule has 0 atom stereocenters. The smallest absolute Gasteiger partial charge is 0.393 e. The van der Waals surface area contributed by atoms with Gasteiger partial charge in [0.1, 0.15) is 12.1 Å². The lowest BCUT2D eigenvalue weighted by Gasteiger charge is -2.37. The van der Waals surface area contributed by atoms with Gasteiger partial charge in [0.2, 0.25) is 0 Å². The number of halogens is 3. The summed E-state index contributed by atoms with van der Waals surface area (Å²) in [6.07, 6.45) is -1.54. The molecule has 2 heterocycles. The van der Waals surface area contributed by atoms with Crippen LogP contribution in [0.1, 0.15) is 30.0 Å². The van der Waals surface area contributed by atoms with Gasteiger partial charge >= 0.3 is 6.18 Å². The van der Waals surface area contributed by atoms with Crippen LogP contribution in [0.3, 0.4) is 0 Å². The minimum absolute atomic E-state index is 0.232. The molecule has 5 nitrogen and oxygen atoms in total. The van der Waals surface area contributed by atoms with Gasteiger partial charge < -0.3 is 14.9 Å². The molecule has 0 radical (unpaired) electrons. The van der Waals surface area contributed by atoms with E-state index in [9.17, 15) is 18.3 Å². The second-order valence-electron chi connectivity index (χ2n) is 7.15. The maximum Gasteiger partial charge on any atom is 0.416 e. The van der Waals surface area contributed by atoms with Crippen LogP contribution in [0.5, 0.6) is 0 Å². The number of rotatable bonds is 3. The van der Waals surface area contributed by atoms with Gasteiger partial charge in [0.25, 0.3) is 0 Å². The van der Waals surface area contributed by atoms with Crippen LogP contribution in [0.15, 0.2) is 36.7 Å². The van der Waals surface area contributed by atoms with Crippen molar-refractivity contribution in [1.29, 1.82) is 0 Å². The lowest BCUT2D eigenvalue weighted by molar-refractivity contribution is -0.137. The molecule has 0 spiro atoms. The highest BCUT2D eigenvalue weighted by Gasteiger charge is 2.32. The molecule has 1 aliphatic carbocycles. The summed E-state index contributed by atoms with van der Waals surface area (Å²) in [6.45, 7) is 2.62. The van der Waals surface area contributed by atoms with Gasteiger partial charge in [-0.15, -0.1) is 0 Å². The summed E-state index contributed by atoms with van der Waals surface area (Å²) in [5, 5.41) is 9.48. The first-order chi connectivity index (χ1) is 12.9. The van der Waals surface area contributed by atoms with Crippen molar-refractivity contribution < 1.29 is 18.3 Å². The number of hydrogen-bond donors (Lipinski definition) is 1. The number of piperazine rings is 1. The van der Waals surface area contributed by atoms with Crippen LogP contribution >= 0.6 is 0 Å². The molecule has 1 aromatic carbocycles. The third-order valence-electron chi connectivity index (χ3n) is 5.35. The number of aliphatic hydroxyl groups is 1. The number of alkyl halides is 3. The number of nitrogens with zero attached hydrogens (tertiary/aromatic N) is 4. The van der Waals surface area contributed by atoms with Crippen molar-refractivity contribution in [3.05, 3.63) is 47.9 Å². The Hall–Kier alpha value is -2.35. The number of hydrogen-bond acceptors (Lipinski definition) is 5. The average Bonchev–Trinajstić information content (AvgIpc) is 2.65. The zero-order valence-corrected chi connectivity index (χ0v) is 14.7. The van der Waals surface area contributed by atoms with Crippen LogP contribution < -0.4 is 9.80 Å². The van der Waals surface area contributed by atoms with E-state index in [0.717, 1.165) is 30.4 Å². The van der Waals surface area contributed by atoms with Gasteiger partial charge in [0.15, 0.2) is 0 Å². The summed E-state index contributed by atoms with van der Waals surface area (Å²) < 4.78 is 38.8. The molecular formula is C19H21F3N4O. The first-order valence-electron chi connectivity index (χ1n) is 9.07. The van der Waals surface area contributed by atoms with E-state index in [0.29, 0.717) is 31.9 Å². The van der Waals surface area contributed by atoms with Gasteiger partial charge in [-0.3, -0.25) is 0 Å². The molecule has 2 fully saturated rings. The molecule has 1 saturated heterocycles. The van der Waals surface area contributed by atoms with E-state index >= 15 is 0 Å². The monoisotopic (exact) mass is 378 g/mol. The molecule has 0 amide bonds. The van der Waals surface area contributed by atoms with E-state index in [4.69, 9.17) is 0 Å². The molecule has 1 N–H and O–H groups in total. The van der Waals surface area contributed by atoms with E-state index in [2.05, 4.69) is 14.9 Å². The predicted octanol–water partition coefficient (Wildman–Crippen LogP) is 3.06. The molecule has 2 aliphatic rings. The molecule has 0 unspecified atom stereocenters. The van der Waals surface area contributed by atoms with Crippen LogP contribution in [0.4, 0.5) is 24.7 Å². The molecular weight excluding hydrogens is 357 g/mol. The largest absolute Gasteiger partial charge is 0.416 e. The van der Waals surface area contributed by atoms with E-state index in [1.807, 2.05) is 11.0 Å². The van der Waals surface area contributed by atoms with Crippen molar-refractivity contribution in [1.82, 2.24) is 9.97 Å². The maximum atomic E-state index is 12.9. The van der Waals surface area contributed by atoms with E-state index in [1.165, 1.54) is 12.1 Å². The van der Waals surface area contributed by atoms with Gasteiger partial charge in [0, 0.05) is 49.5 Å². The van der Waals surface area contributed by atoms with E-state index < -0.39 is 11.7 Å². The van der Waals surface area contributed by atoms with E-state index in [1.54, 1.807) is 12.4 Å². The summed E-state index contributed by atoms with van der Waals surface area (Å²) in [7, 11) is 0. The Balaban J connectivity index is 1.41. The first-order valence-corrected chi connectivity index (χ1v) is 9.07. The second kappa shape index (κ2) is 6.99. The predicted molar refractivity (Wildman–Crippen MR) is 95.9 cm³/mol. The quantitative estimate of drug-likeness (QED) is 0.890. The second-order valence-corrected chi connectivity index (χ2v) is 7.15. The molecule has 144 valence electrons. The van der Waals surface area contributed by atoms with E-state index in [-0.39, 0.29) is 12.0 Å². The maximum absolute atomic E-state index is 12.9. The Bertz CT molecular complexity index is 800. The summed E-state index contributed by atoms with van der Waals surface area (Å²) in [5.74, 6) is 1.12. The Morgan fingerprint density at radius 1 is 0.963 bits per heavy atom. The van der Waals surface area contributed by atoms with Gasteiger partial charge in [0.05, 0.1) is 11.7 Å². The van der Waals surface area contributed by atoms with Gasteiger partial charge in [-0.2, -0.15) is 13.2 Å². The fourth-order valence-corrected chi connectivity index (χ4v) is 3.66. The number of benzene rings is 1. The first kappa shape index (κ1) is 18.0. The van der Waals surface area contributed by atoms with Crippen LogP contribution in [0.25, 0.3) is 0 Å². The lowest BCUT2D eigenvalue weighted by atomic mass is 9.80. The molecule has 4 rings (SSSR count). The number of aromatic nitrogens is 2. The van der Waals surface area contributed by atoms with Crippen molar-refractivity contribution in [2.45, 2.75) is 31.0 Å². The summed E-state index contributed by atoms with van der Waals surface area (Å²) in [4.78, 5) is 12.8. The summed E-state index contributed by atoms with van der Waals surface area (Å²) >= 11 is 0. The molecule has 27 heavy (non-hydrogen) atoms. The highest BCUT2D eigenvalue weighted by molar-refractivity contribution is 5.51. The zero-order valence-electron chi connectivity index (χ0n) is 14.7. The van der Waals surface area contributed by atoms with Crippen molar-refractivity contribution >= 4 is 11.5 Å². The lowest BCUT2D eigenvalue weighted by Crippen LogP contribution is -2.47. The topological polar surface area (TPSA) is 52.5 Å². The highest BCUT2D eigenvalue weighted by Crippen LogP contribution is 2.36. The van der Waals surface area contributed by atoms with Crippen LogP contribution in [-0.4, -0.2) is 47.4 Å². The Kier molecular flexibility index (Phi) is 4.67.